The van der Waals surface area contributed by atoms with Gasteiger partial charge in [0, 0.05) is 24.7 Å². The summed E-state index contributed by atoms with van der Waals surface area (Å²) in [5, 5.41) is 11.5. The number of carbonyl (C=O) groups excluding carboxylic acids is 1. The van der Waals surface area contributed by atoms with E-state index in [-0.39, 0.29) is 16.3 Å². The number of nitro groups is 1. The van der Waals surface area contributed by atoms with Crippen LogP contribution in [0.1, 0.15) is 21.5 Å². The first-order valence-corrected chi connectivity index (χ1v) is 9.63. The minimum atomic E-state index is -0.708. The van der Waals surface area contributed by atoms with E-state index in [1.54, 1.807) is 7.11 Å². The number of hydrogen-bond acceptors (Lipinski definition) is 5. The molecule has 146 valence electrons. The summed E-state index contributed by atoms with van der Waals surface area (Å²) in [5.41, 5.74) is 2.74. The first-order chi connectivity index (χ1) is 13.3. The minimum absolute atomic E-state index is 0.138. The molecule has 0 aliphatic heterocycles. The molecule has 0 aliphatic rings. The molecule has 28 heavy (non-hydrogen) atoms. The van der Waals surface area contributed by atoms with Gasteiger partial charge in [0.2, 0.25) is 0 Å². The number of halogens is 1. The summed E-state index contributed by atoms with van der Waals surface area (Å²) in [6.45, 7) is 4.98. The third-order valence-corrected chi connectivity index (χ3v) is 5.68. The molecule has 9 heteroatoms. The first-order valence-electron chi connectivity index (χ1n) is 8.44. The molecule has 3 rings (SSSR count). The van der Waals surface area contributed by atoms with Gasteiger partial charge < -0.3 is 9.30 Å². The highest BCUT2D eigenvalue weighted by Gasteiger charge is 2.21. The summed E-state index contributed by atoms with van der Waals surface area (Å²) < 4.78 is 8.05. The Morgan fingerprint density at radius 3 is 2.68 bits per heavy atom. The van der Waals surface area contributed by atoms with E-state index in [0.29, 0.717) is 18.0 Å². The number of nitro benzene ring substituents is 1. The van der Waals surface area contributed by atoms with Crippen LogP contribution in [0, 0.1) is 24.0 Å². The summed E-state index contributed by atoms with van der Waals surface area (Å²) in [6.07, 6.45) is 0. The van der Waals surface area contributed by atoms with Crippen LogP contribution in [0.4, 0.5) is 5.69 Å². The van der Waals surface area contributed by atoms with Crippen LogP contribution in [0.15, 0.2) is 35.3 Å². The van der Waals surface area contributed by atoms with Crippen LogP contribution in [-0.2, 0) is 11.3 Å². The fraction of sp³-hybridized carbons (Fsp3) is 0.263. The molecule has 0 unspecified atom stereocenters. The van der Waals surface area contributed by atoms with Gasteiger partial charge in [0.05, 0.1) is 21.7 Å². The van der Waals surface area contributed by atoms with Crippen LogP contribution in [0.25, 0.3) is 10.2 Å². The minimum Gasteiger partial charge on any atom is -0.383 e. The van der Waals surface area contributed by atoms with Gasteiger partial charge in [-0.05, 0) is 49.2 Å². The Balaban J connectivity index is 2.20. The van der Waals surface area contributed by atoms with Crippen molar-refractivity contribution in [1.29, 1.82) is 0 Å². The summed E-state index contributed by atoms with van der Waals surface area (Å²) in [7, 11) is 1.60. The van der Waals surface area contributed by atoms with Crippen molar-refractivity contribution in [3.63, 3.8) is 0 Å². The Kier molecular flexibility index (Phi) is 5.93. The second-order valence-electron chi connectivity index (χ2n) is 6.27. The molecule has 0 radical (unpaired) electrons. The second-order valence-corrected chi connectivity index (χ2v) is 7.71. The molecule has 0 aliphatic carbocycles. The summed E-state index contributed by atoms with van der Waals surface area (Å²) in [4.78, 5) is 28.1. The quantitative estimate of drug-likeness (QED) is 0.456. The zero-order valence-electron chi connectivity index (χ0n) is 15.6. The van der Waals surface area contributed by atoms with Crippen molar-refractivity contribution in [1.82, 2.24) is 4.57 Å². The highest BCUT2D eigenvalue weighted by Crippen LogP contribution is 2.25. The van der Waals surface area contributed by atoms with Crippen LogP contribution in [-0.4, -0.2) is 29.1 Å². The van der Waals surface area contributed by atoms with Crippen molar-refractivity contribution in [2.24, 2.45) is 4.99 Å². The normalized spacial score (nSPS) is 11.9. The number of hydrogen-bond donors (Lipinski definition) is 0. The Morgan fingerprint density at radius 2 is 2.00 bits per heavy atom. The van der Waals surface area contributed by atoms with Gasteiger partial charge in [-0.3, -0.25) is 14.9 Å². The van der Waals surface area contributed by atoms with E-state index in [2.05, 4.69) is 4.99 Å². The number of methoxy groups -OCH3 is 1. The topological polar surface area (TPSA) is 86.7 Å². The fourth-order valence-electron chi connectivity index (χ4n) is 2.79. The van der Waals surface area contributed by atoms with E-state index in [9.17, 15) is 14.9 Å². The van der Waals surface area contributed by atoms with Crippen molar-refractivity contribution in [2.45, 2.75) is 20.4 Å². The van der Waals surface area contributed by atoms with E-state index < -0.39 is 10.8 Å². The zero-order chi connectivity index (χ0) is 20.4. The Bertz CT molecular complexity index is 1150. The average Bonchev–Trinajstić information content (AvgIpc) is 2.95. The zero-order valence-corrected chi connectivity index (χ0v) is 17.1. The molecule has 0 N–H and O–H groups in total. The van der Waals surface area contributed by atoms with Gasteiger partial charge in [-0.2, -0.15) is 4.99 Å². The molecular formula is C19H18ClN3O4S. The molecule has 1 heterocycles. The van der Waals surface area contributed by atoms with E-state index >= 15 is 0 Å². The molecule has 0 saturated carbocycles. The fourth-order valence-corrected chi connectivity index (χ4v) is 4.10. The molecule has 2 aromatic carbocycles. The number of amides is 1. The molecule has 3 aromatic rings. The van der Waals surface area contributed by atoms with Crippen molar-refractivity contribution >= 4 is 44.7 Å². The maximum Gasteiger partial charge on any atom is 0.286 e. The monoisotopic (exact) mass is 419 g/mol. The lowest BCUT2D eigenvalue weighted by Gasteiger charge is -2.06. The number of rotatable bonds is 5. The molecule has 1 aromatic heterocycles. The van der Waals surface area contributed by atoms with Crippen LogP contribution in [0.5, 0.6) is 0 Å². The predicted octanol–water partition coefficient (Wildman–Crippen LogP) is 4.27. The van der Waals surface area contributed by atoms with Gasteiger partial charge in [-0.15, -0.1) is 0 Å². The Morgan fingerprint density at radius 1 is 1.29 bits per heavy atom. The lowest BCUT2D eigenvalue weighted by Crippen LogP contribution is -2.19. The molecule has 1 amide bonds. The van der Waals surface area contributed by atoms with Crippen molar-refractivity contribution in [3.05, 3.63) is 67.0 Å². The third-order valence-electron chi connectivity index (χ3n) is 4.40. The lowest BCUT2D eigenvalue weighted by atomic mass is 10.1. The number of fused-ring (bicyclic) bond motifs is 1. The van der Waals surface area contributed by atoms with Crippen LogP contribution < -0.4 is 4.80 Å². The molecule has 0 saturated heterocycles. The van der Waals surface area contributed by atoms with Crippen molar-refractivity contribution in [3.8, 4) is 0 Å². The summed E-state index contributed by atoms with van der Waals surface area (Å²) >= 11 is 7.29. The summed E-state index contributed by atoms with van der Waals surface area (Å²) in [6, 6.07) is 7.95. The summed E-state index contributed by atoms with van der Waals surface area (Å²) in [5.74, 6) is -0.708. The highest BCUT2D eigenvalue weighted by molar-refractivity contribution is 7.16. The van der Waals surface area contributed by atoms with Gasteiger partial charge in [-0.25, -0.2) is 0 Å². The number of ether oxygens (including phenoxy) is 1. The first kappa shape index (κ1) is 20.2. The van der Waals surface area contributed by atoms with Crippen LogP contribution in [0.3, 0.4) is 0 Å². The van der Waals surface area contributed by atoms with E-state index in [1.807, 2.05) is 30.5 Å². The molecule has 0 bridgehead atoms. The van der Waals surface area contributed by atoms with E-state index in [4.69, 9.17) is 16.3 Å². The molecular weight excluding hydrogens is 402 g/mol. The van der Waals surface area contributed by atoms with Crippen molar-refractivity contribution < 1.29 is 14.5 Å². The number of carbonyl (C=O) groups is 1. The van der Waals surface area contributed by atoms with Gasteiger partial charge in [0.25, 0.3) is 11.6 Å². The Labute approximate surface area is 170 Å². The number of aromatic nitrogens is 1. The molecule has 0 spiro atoms. The van der Waals surface area contributed by atoms with Crippen LogP contribution in [0.2, 0.25) is 5.02 Å². The smallest absolute Gasteiger partial charge is 0.286 e. The molecule has 7 nitrogen and oxygen atoms in total. The molecule has 0 fully saturated rings. The van der Waals surface area contributed by atoms with E-state index in [1.165, 1.54) is 29.5 Å². The highest BCUT2D eigenvalue weighted by atomic mass is 35.5. The van der Waals surface area contributed by atoms with Crippen molar-refractivity contribution in [2.75, 3.05) is 13.7 Å². The standard InChI is InChI=1S/C19H18ClN3O4S/c1-11-8-16-17(9-12(11)2)28-19(22(16)6-7-27-3)21-18(24)14-10-13(20)4-5-15(14)23(25)26/h4-5,8-10H,6-7H2,1-3H3. The SMILES string of the molecule is COCCn1c(=NC(=O)c2cc(Cl)ccc2[N+](=O)[O-])sc2cc(C)c(C)cc21. The maximum absolute atomic E-state index is 12.8. The van der Waals surface area contributed by atoms with Gasteiger partial charge >= 0.3 is 0 Å². The number of aryl methyl sites for hydroxylation is 2. The maximum atomic E-state index is 12.8. The van der Waals surface area contributed by atoms with Gasteiger partial charge in [0.15, 0.2) is 4.80 Å². The number of thiazole rings is 1. The average molecular weight is 420 g/mol. The third kappa shape index (κ3) is 3.99. The van der Waals surface area contributed by atoms with E-state index in [0.717, 1.165) is 21.3 Å². The van der Waals surface area contributed by atoms with Gasteiger partial charge in [0.1, 0.15) is 5.56 Å². The number of nitrogens with zero attached hydrogens (tertiary/aromatic N) is 3. The number of benzene rings is 2. The molecule has 0 atom stereocenters. The largest absolute Gasteiger partial charge is 0.383 e. The predicted molar refractivity (Wildman–Crippen MR) is 109 cm³/mol. The second kappa shape index (κ2) is 8.22. The Hall–Kier alpha value is -2.55. The lowest BCUT2D eigenvalue weighted by molar-refractivity contribution is -0.385. The van der Waals surface area contributed by atoms with Gasteiger partial charge in [-0.1, -0.05) is 22.9 Å². The van der Waals surface area contributed by atoms with Crippen LogP contribution >= 0.6 is 22.9 Å².